The van der Waals surface area contributed by atoms with Crippen molar-refractivity contribution < 1.29 is 4.39 Å². The monoisotopic (exact) mass is 271 g/mol. The van der Waals surface area contributed by atoms with Crippen molar-refractivity contribution in [3.8, 4) is 11.1 Å². The molecule has 0 unspecified atom stereocenters. The van der Waals surface area contributed by atoms with Gasteiger partial charge in [0.25, 0.3) is 0 Å². The number of nitrogens with one attached hydrogen (secondary N) is 1. The largest absolute Gasteiger partial charge is 0.313 e. The van der Waals surface area contributed by atoms with Crippen LogP contribution < -0.4 is 5.32 Å². The Morgan fingerprint density at radius 2 is 1.65 bits per heavy atom. The summed E-state index contributed by atoms with van der Waals surface area (Å²) in [6, 6.07) is 13.8. The molecule has 0 fully saturated rings. The summed E-state index contributed by atoms with van der Waals surface area (Å²) in [6.07, 6.45) is 0. The lowest BCUT2D eigenvalue weighted by Crippen LogP contribution is -2.12. The first-order valence-corrected chi connectivity index (χ1v) is 7.21. The molecule has 0 heterocycles. The molecule has 0 saturated carbocycles. The van der Waals surface area contributed by atoms with Crippen LogP contribution in [0.15, 0.2) is 42.5 Å². The number of hydrogen-bond acceptors (Lipinski definition) is 1. The third-order valence-electron chi connectivity index (χ3n) is 3.52. The molecule has 2 rings (SSSR count). The molecular formula is C18H22FN. The van der Waals surface area contributed by atoms with Crippen molar-refractivity contribution in [2.45, 2.75) is 33.2 Å². The third-order valence-corrected chi connectivity index (χ3v) is 3.52. The predicted octanol–water partition coefficient (Wildman–Crippen LogP) is 4.73. The van der Waals surface area contributed by atoms with Gasteiger partial charge in [0.1, 0.15) is 5.82 Å². The Labute approximate surface area is 120 Å². The molecule has 0 aromatic heterocycles. The lowest BCUT2D eigenvalue weighted by atomic mass is 9.98. The molecule has 2 aromatic carbocycles. The maximum Gasteiger partial charge on any atom is 0.127 e. The third kappa shape index (κ3) is 3.45. The van der Waals surface area contributed by atoms with E-state index in [-0.39, 0.29) is 5.82 Å². The predicted molar refractivity (Wildman–Crippen MR) is 83.3 cm³/mol. The van der Waals surface area contributed by atoms with E-state index >= 15 is 0 Å². The van der Waals surface area contributed by atoms with Gasteiger partial charge in [-0.05, 0) is 41.3 Å². The summed E-state index contributed by atoms with van der Waals surface area (Å²) in [7, 11) is 0. The lowest BCUT2D eigenvalue weighted by Gasteiger charge is -2.09. The standard InChI is InChI=1S/C18H22FN/c1-4-20-12-17-11-16(9-10-18(17)19)15-7-5-14(6-8-15)13(2)3/h5-11,13,20H,4,12H2,1-3H3. The van der Waals surface area contributed by atoms with Gasteiger partial charge in [-0.15, -0.1) is 0 Å². The van der Waals surface area contributed by atoms with Gasteiger partial charge < -0.3 is 5.32 Å². The van der Waals surface area contributed by atoms with E-state index in [0.29, 0.717) is 12.5 Å². The quantitative estimate of drug-likeness (QED) is 0.829. The van der Waals surface area contributed by atoms with Crippen LogP contribution in [0.5, 0.6) is 0 Å². The fourth-order valence-electron chi connectivity index (χ4n) is 2.21. The topological polar surface area (TPSA) is 12.0 Å². The first-order chi connectivity index (χ1) is 9.61. The van der Waals surface area contributed by atoms with E-state index in [1.54, 1.807) is 6.07 Å². The summed E-state index contributed by atoms with van der Waals surface area (Å²) in [5.41, 5.74) is 4.24. The van der Waals surface area contributed by atoms with Gasteiger partial charge >= 0.3 is 0 Å². The van der Waals surface area contributed by atoms with Crippen molar-refractivity contribution in [1.82, 2.24) is 5.32 Å². The smallest absolute Gasteiger partial charge is 0.127 e. The Hall–Kier alpha value is -1.67. The lowest BCUT2D eigenvalue weighted by molar-refractivity contribution is 0.593. The van der Waals surface area contributed by atoms with Gasteiger partial charge in [-0.25, -0.2) is 4.39 Å². The van der Waals surface area contributed by atoms with Crippen LogP contribution >= 0.6 is 0 Å². The number of rotatable bonds is 5. The number of hydrogen-bond donors (Lipinski definition) is 1. The second-order valence-electron chi connectivity index (χ2n) is 5.36. The molecule has 0 aliphatic rings. The Morgan fingerprint density at radius 1 is 1.00 bits per heavy atom. The van der Waals surface area contributed by atoms with E-state index in [2.05, 4.69) is 43.4 Å². The van der Waals surface area contributed by atoms with Crippen molar-refractivity contribution in [3.05, 3.63) is 59.4 Å². The Kier molecular flexibility index (Phi) is 4.91. The van der Waals surface area contributed by atoms with E-state index in [1.165, 1.54) is 5.56 Å². The normalized spacial score (nSPS) is 11.1. The summed E-state index contributed by atoms with van der Waals surface area (Å²) >= 11 is 0. The average molecular weight is 271 g/mol. The van der Waals surface area contributed by atoms with E-state index in [0.717, 1.165) is 23.2 Å². The molecule has 0 amide bonds. The van der Waals surface area contributed by atoms with Gasteiger partial charge in [0.05, 0.1) is 0 Å². The molecule has 106 valence electrons. The molecule has 2 heteroatoms. The molecule has 2 aromatic rings. The molecule has 0 radical (unpaired) electrons. The maximum absolute atomic E-state index is 13.7. The highest BCUT2D eigenvalue weighted by molar-refractivity contribution is 5.64. The zero-order valence-corrected chi connectivity index (χ0v) is 12.4. The molecular weight excluding hydrogens is 249 g/mol. The van der Waals surface area contributed by atoms with Crippen LogP contribution in [0.2, 0.25) is 0 Å². The minimum absolute atomic E-state index is 0.145. The summed E-state index contributed by atoms with van der Waals surface area (Å²) < 4.78 is 13.7. The van der Waals surface area contributed by atoms with Gasteiger partial charge in [-0.3, -0.25) is 0 Å². The van der Waals surface area contributed by atoms with Crippen molar-refractivity contribution in [1.29, 1.82) is 0 Å². The number of halogens is 1. The van der Waals surface area contributed by atoms with Gasteiger partial charge in [-0.1, -0.05) is 51.1 Å². The van der Waals surface area contributed by atoms with Crippen molar-refractivity contribution in [3.63, 3.8) is 0 Å². The van der Waals surface area contributed by atoms with Crippen LogP contribution in [-0.2, 0) is 6.54 Å². The van der Waals surface area contributed by atoms with Gasteiger partial charge in [-0.2, -0.15) is 0 Å². The second-order valence-corrected chi connectivity index (χ2v) is 5.36. The first-order valence-electron chi connectivity index (χ1n) is 7.21. The van der Waals surface area contributed by atoms with Crippen LogP contribution in [0.4, 0.5) is 4.39 Å². The van der Waals surface area contributed by atoms with E-state index in [1.807, 2.05) is 19.1 Å². The molecule has 1 N–H and O–H groups in total. The molecule has 0 atom stereocenters. The highest BCUT2D eigenvalue weighted by Crippen LogP contribution is 2.24. The maximum atomic E-state index is 13.7. The summed E-state index contributed by atoms with van der Waals surface area (Å²) in [4.78, 5) is 0. The van der Waals surface area contributed by atoms with E-state index in [4.69, 9.17) is 0 Å². The zero-order chi connectivity index (χ0) is 14.5. The summed E-state index contributed by atoms with van der Waals surface area (Å²) in [5, 5.41) is 3.17. The van der Waals surface area contributed by atoms with Crippen LogP contribution in [0.3, 0.4) is 0 Å². The van der Waals surface area contributed by atoms with Gasteiger partial charge in [0.2, 0.25) is 0 Å². The molecule has 0 aliphatic carbocycles. The Balaban J connectivity index is 2.27. The fraction of sp³-hybridized carbons (Fsp3) is 0.333. The highest BCUT2D eigenvalue weighted by Gasteiger charge is 2.06. The minimum Gasteiger partial charge on any atom is -0.313 e. The fourth-order valence-corrected chi connectivity index (χ4v) is 2.21. The summed E-state index contributed by atoms with van der Waals surface area (Å²) in [5.74, 6) is 0.384. The second kappa shape index (κ2) is 6.67. The first kappa shape index (κ1) is 14.7. The van der Waals surface area contributed by atoms with E-state index in [9.17, 15) is 4.39 Å². The van der Waals surface area contributed by atoms with E-state index < -0.39 is 0 Å². The van der Waals surface area contributed by atoms with Crippen LogP contribution in [0.1, 0.15) is 37.8 Å². The number of benzene rings is 2. The van der Waals surface area contributed by atoms with Crippen LogP contribution in [-0.4, -0.2) is 6.54 Å². The molecule has 0 saturated heterocycles. The SMILES string of the molecule is CCNCc1cc(-c2ccc(C(C)C)cc2)ccc1F. The Morgan fingerprint density at radius 3 is 2.25 bits per heavy atom. The van der Waals surface area contributed by atoms with Crippen molar-refractivity contribution in [2.24, 2.45) is 0 Å². The van der Waals surface area contributed by atoms with Gasteiger partial charge in [0.15, 0.2) is 0 Å². The molecule has 0 spiro atoms. The average Bonchev–Trinajstić information content (AvgIpc) is 2.46. The zero-order valence-electron chi connectivity index (χ0n) is 12.4. The van der Waals surface area contributed by atoms with Crippen LogP contribution in [0.25, 0.3) is 11.1 Å². The minimum atomic E-state index is -0.145. The molecule has 0 bridgehead atoms. The van der Waals surface area contributed by atoms with Crippen molar-refractivity contribution in [2.75, 3.05) is 6.54 Å². The molecule has 0 aliphatic heterocycles. The van der Waals surface area contributed by atoms with Crippen LogP contribution in [0, 0.1) is 5.82 Å². The summed E-state index contributed by atoms with van der Waals surface area (Å²) in [6.45, 7) is 7.79. The Bertz CT molecular complexity index is 558. The van der Waals surface area contributed by atoms with Crippen molar-refractivity contribution >= 4 is 0 Å². The van der Waals surface area contributed by atoms with Gasteiger partial charge in [0, 0.05) is 12.1 Å². The highest BCUT2D eigenvalue weighted by atomic mass is 19.1. The molecule has 1 nitrogen and oxygen atoms in total. The molecule has 20 heavy (non-hydrogen) atoms.